The normalized spacial score (nSPS) is 13.5. The highest BCUT2D eigenvalue weighted by atomic mass is 16.4. The van der Waals surface area contributed by atoms with Crippen LogP contribution < -0.4 is 33.2 Å². The smallest absolute Gasteiger partial charge is 0.326 e. The number of hydrogen-bond acceptors (Lipinski definition) is 9. The van der Waals surface area contributed by atoms with Crippen molar-refractivity contribution in [1.29, 1.82) is 0 Å². The molecule has 4 unspecified atom stereocenters. The monoisotopic (exact) mass is 603 g/mol. The average Bonchev–Trinajstić information content (AvgIpc) is 3.46. The molecule has 4 atom stereocenters. The van der Waals surface area contributed by atoms with Gasteiger partial charge in [0.05, 0.1) is 12.4 Å². The summed E-state index contributed by atoms with van der Waals surface area (Å²) in [5.41, 5.74) is 17.5. The van der Waals surface area contributed by atoms with Gasteiger partial charge in [-0.3, -0.25) is 24.2 Å². The van der Waals surface area contributed by atoms with Crippen molar-refractivity contribution in [3.05, 3.63) is 48.0 Å². The van der Waals surface area contributed by atoms with Gasteiger partial charge in [0.2, 0.25) is 17.7 Å². The van der Waals surface area contributed by atoms with Gasteiger partial charge in [-0.2, -0.15) is 0 Å². The molecule has 43 heavy (non-hydrogen) atoms. The van der Waals surface area contributed by atoms with Crippen LogP contribution in [-0.2, 0) is 36.8 Å². The predicted octanol–water partition coefficient (Wildman–Crippen LogP) is -2.31. The molecular weight excluding hydrogens is 566 g/mol. The van der Waals surface area contributed by atoms with Crippen LogP contribution in [0.1, 0.15) is 36.9 Å². The summed E-state index contributed by atoms with van der Waals surface area (Å²) in [6.07, 6.45) is 2.25. The molecule has 3 amide bonds. The molecule has 0 aliphatic heterocycles. The summed E-state index contributed by atoms with van der Waals surface area (Å²) >= 11 is 0. The van der Waals surface area contributed by atoms with Crippen molar-refractivity contribution >= 4 is 35.6 Å². The van der Waals surface area contributed by atoms with E-state index in [0.717, 1.165) is 0 Å². The number of carboxylic acids is 2. The maximum Gasteiger partial charge on any atom is 0.326 e. The SMILES string of the molecule is NC(N)=NCCCC(N)C(=O)NC(Cc1cnc[nH]1)C(=O)NC(CCC(=O)O)C(=O)NC(Cc1ccc(O)cc1)C(=O)O. The lowest BCUT2D eigenvalue weighted by Crippen LogP contribution is -2.57. The number of carbonyl (C=O) groups is 5. The van der Waals surface area contributed by atoms with E-state index in [0.29, 0.717) is 17.7 Å². The van der Waals surface area contributed by atoms with E-state index >= 15 is 0 Å². The molecule has 0 saturated carbocycles. The number of amides is 3. The number of nitrogens with two attached hydrogens (primary N) is 3. The first-order valence-corrected chi connectivity index (χ1v) is 13.3. The molecule has 0 aliphatic rings. The molecule has 1 aromatic heterocycles. The molecule has 2 aromatic rings. The van der Waals surface area contributed by atoms with Crippen LogP contribution in [0.2, 0.25) is 0 Å². The zero-order chi connectivity index (χ0) is 31.9. The lowest BCUT2D eigenvalue weighted by Gasteiger charge is -2.25. The van der Waals surface area contributed by atoms with Crippen molar-refractivity contribution in [3.63, 3.8) is 0 Å². The van der Waals surface area contributed by atoms with Gasteiger partial charge in [0.25, 0.3) is 0 Å². The summed E-state index contributed by atoms with van der Waals surface area (Å²) in [6, 6.07) is 0.507. The zero-order valence-electron chi connectivity index (χ0n) is 23.2. The van der Waals surface area contributed by atoms with Crippen molar-refractivity contribution in [1.82, 2.24) is 25.9 Å². The van der Waals surface area contributed by atoms with Gasteiger partial charge in [0.1, 0.15) is 23.9 Å². The van der Waals surface area contributed by atoms with Crippen LogP contribution in [0, 0.1) is 0 Å². The summed E-state index contributed by atoms with van der Waals surface area (Å²) in [4.78, 5) is 72.9. The summed E-state index contributed by atoms with van der Waals surface area (Å²) in [7, 11) is 0. The van der Waals surface area contributed by atoms with E-state index in [1.807, 2.05) is 0 Å². The number of aromatic nitrogens is 2. The highest BCUT2D eigenvalue weighted by Gasteiger charge is 2.31. The topological polar surface area (TPSA) is 301 Å². The number of nitrogens with zero attached hydrogens (tertiary/aromatic N) is 2. The summed E-state index contributed by atoms with van der Waals surface area (Å²) < 4.78 is 0. The van der Waals surface area contributed by atoms with E-state index in [9.17, 15) is 39.3 Å². The molecule has 17 heteroatoms. The Labute approximate surface area is 246 Å². The number of phenolic OH excluding ortho intramolecular Hbond substituents is 1. The number of rotatable bonds is 18. The Bertz CT molecular complexity index is 1260. The molecule has 2 rings (SSSR count). The second-order valence-electron chi connectivity index (χ2n) is 9.66. The molecule has 1 aromatic carbocycles. The van der Waals surface area contributed by atoms with Crippen LogP contribution in [0.25, 0.3) is 0 Å². The number of carbonyl (C=O) groups excluding carboxylic acids is 3. The second kappa shape index (κ2) is 16.9. The number of phenols is 1. The number of imidazole rings is 1. The molecular formula is C26H37N9O8. The number of aromatic hydroxyl groups is 1. The van der Waals surface area contributed by atoms with Crippen molar-refractivity contribution in [3.8, 4) is 5.75 Å². The maximum absolute atomic E-state index is 13.4. The van der Waals surface area contributed by atoms with Gasteiger partial charge < -0.3 is 53.5 Å². The van der Waals surface area contributed by atoms with E-state index < -0.39 is 60.2 Å². The quantitative estimate of drug-likeness (QED) is 0.0488. The number of nitrogens with one attached hydrogen (secondary N) is 4. The molecule has 0 bridgehead atoms. The zero-order valence-corrected chi connectivity index (χ0v) is 23.2. The van der Waals surface area contributed by atoms with Crippen molar-refractivity contribution in [2.75, 3.05) is 6.54 Å². The lowest BCUT2D eigenvalue weighted by atomic mass is 10.0. The van der Waals surface area contributed by atoms with Gasteiger partial charge in [-0.15, -0.1) is 0 Å². The predicted molar refractivity (Wildman–Crippen MR) is 152 cm³/mol. The van der Waals surface area contributed by atoms with E-state index in [-0.39, 0.29) is 43.9 Å². The number of carboxylic acid groups (broad SMARTS) is 2. The minimum absolute atomic E-state index is 0.0280. The van der Waals surface area contributed by atoms with Crippen molar-refractivity contribution in [2.24, 2.45) is 22.2 Å². The third-order valence-corrected chi connectivity index (χ3v) is 6.19. The molecule has 1 heterocycles. The van der Waals surface area contributed by atoms with E-state index in [1.54, 1.807) is 0 Å². The van der Waals surface area contributed by atoms with E-state index in [4.69, 9.17) is 17.2 Å². The minimum atomic E-state index is -1.46. The van der Waals surface area contributed by atoms with Gasteiger partial charge >= 0.3 is 11.9 Å². The largest absolute Gasteiger partial charge is 0.508 e. The highest BCUT2D eigenvalue weighted by Crippen LogP contribution is 2.12. The Morgan fingerprint density at radius 1 is 0.884 bits per heavy atom. The maximum atomic E-state index is 13.4. The molecule has 0 aliphatic carbocycles. The number of aliphatic imine (C=N–C) groups is 1. The fourth-order valence-corrected chi connectivity index (χ4v) is 3.90. The van der Waals surface area contributed by atoms with Gasteiger partial charge in [-0.05, 0) is 37.0 Å². The lowest BCUT2D eigenvalue weighted by molar-refractivity contribution is -0.143. The highest BCUT2D eigenvalue weighted by molar-refractivity contribution is 5.94. The van der Waals surface area contributed by atoms with Crippen molar-refractivity contribution < 1.29 is 39.3 Å². The Hall–Kier alpha value is -5.19. The summed E-state index contributed by atoms with van der Waals surface area (Å²) in [5.74, 6) is -5.21. The number of aliphatic carboxylic acids is 2. The Balaban J connectivity index is 2.17. The number of hydrogen-bond donors (Lipinski definition) is 10. The third kappa shape index (κ3) is 12.5. The van der Waals surface area contributed by atoms with E-state index in [2.05, 4.69) is 30.9 Å². The number of benzene rings is 1. The first kappa shape index (κ1) is 34.0. The van der Waals surface area contributed by atoms with Crippen LogP contribution in [0.15, 0.2) is 41.8 Å². The summed E-state index contributed by atoms with van der Waals surface area (Å²) in [5, 5.41) is 35.6. The first-order valence-electron chi connectivity index (χ1n) is 13.3. The van der Waals surface area contributed by atoms with Gasteiger partial charge in [0.15, 0.2) is 5.96 Å². The van der Waals surface area contributed by atoms with Gasteiger partial charge in [-0.25, -0.2) is 9.78 Å². The Morgan fingerprint density at radius 3 is 2.09 bits per heavy atom. The Morgan fingerprint density at radius 2 is 1.51 bits per heavy atom. The number of H-pyrrole nitrogens is 1. The fraction of sp³-hybridized carbons (Fsp3) is 0.423. The van der Waals surface area contributed by atoms with Crippen LogP contribution in [0.4, 0.5) is 0 Å². The molecule has 0 radical (unpaired) electrons. The first-order chi connectivity index (χ1) is 20.3. The van der Waals surface area contributed by atoms with Crippen LogP contribution in [0.3, 0.4) is 0 Å². The average molecular weight is 604 g/mol. The van der Waals surface area contributed by atoms with Gasteiger partial charge in [-0.1, -0.05) is 12.1 Å². The Kier molecular flexibility index (Phi) is 13.4. The number of guanidine groups is 1. The number of aromatic amines is 1. The van der Waals surface area contributed by atoms with Gasteiger partial charge in [0, 0.05) is 37.7 Å². The molecule has 0 fully saturated rings. The minimum Gasteiger partial charge on any atom is -0.508 e. The van der Waals surface area contributed by atoms with Crippen LogP contribution >= 0.6 is 0 Å². The van der Waals surface area contributed by atoms with Crippen LogP contribution in [0.5, 0.6) is 5.75 Å². The van der Waals surface area contributed by atoms with Crippen molar-refractivity contribution in [2.45, 2.75) is 62.7 Å². The third-order valence-electron chi connectivity index (χ3n) is 6.19. The summed E-state index contributed by atoms with van der Waals surface area (Å²) in [6.45, 7) is 0.242. The second-order valence-corrected chi connectivity index (χ2v) is 9.66. The van der Waals surface area contributed by atoms with E-state index in [1.165, 1.54) is 36.8 Å². The molecule has 234 valence electrons. The standard InChI is InChI=1S/C26H37N9O8/c27-17(2-1-9-31-26(28)29)22(39)34-19(11-15-12-30-13-32-15)24(41)33-18(7-8-21(37)38)23(40)35-20(25(42)43)10-14-3-5-16(36)6-4-14/h3-6,12-13,17-20,36H,1-2,7-11,27H2,(H,30,32)(H,33,41)(H,34,39)(H,35,40)(H,37,38)(H,42,43)(H4,28,29,31). The van der Waals surface area contributed by atoms with Crippen LogP contribution in [-0.4, -0.2) is 91.6 Å². The fourth-order valence-electron chi connectivity index (χ4n) is 3.90. The molecule has 0 spiro atoms. The molecule has 13 N–H and O–H groups in total. The molecule has 17 nitrogen and oxygen atoms in total. The molecule has 0 saturated heterocycles.